The van der Waals surface area contributed by atoms with Gasteiger partial charge in [0, 0.05) is 19.4 Å². The fourth-order valence-corrected chi connectivity index (χ4v) is 1.22. The van der Waals surface area contributed by atoms with Crippen molar-refractivity contribution in [2.75, 3.05) is 11.1 Å². The Morgan fingerprint density at radius 3 is 3.00 bits per heavy atom. The van der Waals surface area contributed by atoms with Crippen LogP contribution in [0, 0.1) is 0 Å². The van der Waals surface area contributed by atoms with Crippen LogP contribution in [0.5, 0.6) is 0 Å². The highest BCUT2D eigenvalue weighted by Gasteiger charge is 2.02. The lowest BCUT2D eigenvalue weighted by Gasteiger charge is -2.06. The van der Waals surface area contributed by atoms with Crippen LogP contribution in [0.1, 0.15) is 5.82 Å². The second-order valence-electron chi connectivity index (χ2n) is 3.13. The van der Waals surface area contributed by atoms with Crippen molar-refractivity contribution in [3.63, 3.8) is 0 Å². The number of nitrogens with two attached hydrogens (primary N) is 1. The first-order valence-corrected chi connectivity index (χ1v) is 4.53. The molecule has 78 valence electrons. The Balaban J connectivity index is 2.06. The number of anilines is 2. The van der Waals surface area contributed by atoms with Gasteiger partial charge in [0.1, 0.15) is 12.2 Å². The zero-order valence-electron chi connectivity index (χ0n) is 8.38. The maximum atomic E-state index is 5.68. The van der Waals surface area contributed by atoms with Gasteiger partial charge in [-0.15, -0.1) is 0 Å². The maximum absolute atomic E-state index is 5.68. The van der Waals surface area contributed by atoms with E-state index in [0.717, 1.165) is 5.82 Å². The van der Waals surface area contributed by atoms with Crippen LogP contribution >= 0.6 is 0 Å². The molecular formula is C9H12N6. The monoisotopic (exact) mass is 204 g/mol. The van der Waals surface area contributed by atoms with Gasteiger partial charge in [-0.2, -0.15) is 0 Å². The van der Waals surface area contributed by atoms with Crippen molar-refractivity contribution in [3.8, 4) is 0 Å². The van der Waals surface area contributed by atoms with Crippen molar-refractivity contribution >= 4 is 11.5 Å². The summed E-state index contributed by atoms with van der Waals surface area (Å²) in [6.45, 7) is 0.588. The average Bonchev–Trinajstić information content (AvgIpc) is 2.63. The molecule has 2 aromatic heterocycles. The minimum atomic E-state index is 0.534. The predicted molar refractivity (Wildman–Crippen MR) is 57.0 cm³/mol. The Kier molecular flexibility index (Phi) is 2.49. The molecule has 0 amide bonds. The van der Waals surface area contributed by atoms with E-state index in [9.17, 15) is 0 Å². The van der Waals surface area contributed by atoms with Crippen LogP contribution < -0.4 is 11.1 Å². The summed E-state index contributed by atoms with van der Waals surface area (Å²) >= 11 is 0. The number of nitrogen functional groups attached to an aromatic ring is 1. The molecule has 0 spiro atoms. The summed E-state index contributed by atoms with van der Waals surface area (Å²) in [6.07, 6.45) is 6.66. The molecule has 0 unspecified atom stereocenters. The minimum absolute atomic E-state index is 0.534. The summed E-state index contributed by atoms with van der Waals surface area (Å²) in [5.74, 6) is 1.56. The van der Waals surface area contributed by atoms with Gasteiger partial charge >= 0.3 is 0 Å². The van der Waals surface area contributed by atoms with Crippen LogP contribution in [0.3, 0.4) is 0 Å². The normalized spacial score (nSPS) is 10.2. The molecule has 15 heavy (non-hydrogen) atoms. The van der Waals surface area contributed by atoms with E-state index in [1.54, 1.807) is 12.4 Å². The highest BCUT2D eigenvalue weighted by atomic mass is 15.1. The second kappa shape index (κ2) is 3.95. The molecule has 0 saturated carbocycles. The largest absolute Gasteiger partial charge is 0.394 e. The standard InChI is InChI=1S/C9H12N6/c1-15-3-2-12-8(15)5-13-9-7(10)4-11-6-14-9/h2-4,6H,5,10H2,1H3,(H,11,13,14). The van der Waals surface area contributed by atoms with Crippen molar-refractivity contribution in [2.45, 2.75) is 6.54 Å². The third-order valence-electron chi connectivity index (χ3n) is 2.08. The van der Waals surface area contributed by atoms with Gasteiger partial charge < -0.3 is 15.6 Å². The van der Waals surface area contributed by atoms with Crippen molar-refractivity contribution in [3.05, 3.63) is 30.7 Å². The van der Waals surface area contributed by atoms with E-state index in [4.69, 9.17) is 5.73 Å². The zero-order valence-corrected chi connectivity index (χ0v) is 8.38. The third-order valence-corrected chi connectivity index (χ3v) is 2.08. The second-order valence-corrected chi connectivity index (χ2v) is 3.13. The summed E-state index contributed by atoms with van der Waals surface area (Å²) in [5.41, 5.74) is 6.22. The quantitative estimate of drug-likeness (QED) is 0.756. The van der Waals surface area contributed by atoms with Crippen LogP contribution in [0.25, 0.3) is 0 Å². The summed E-state index contributed by atoms with van der Waals surface area (Å²) in [4.78, 5) is 12.0. The summed E-state index contributed by atoms with van der Waals surface area (Å²) in [7, 11) is 1.94. The van der Waals surface area contributed by atoms with Gasteiger partial charge in [-0.1, -0.05) is 0 Å². The third kappa shape index (κ3) is 2.04. The van der Waals surface area contributed by atoms with Gasteiger partial charge in [0.25, 0.3) is 0 Å². The van der Waals surface area contributed by atoms with Crippen molar-refractivity contribution < 1.29 is 0 Å². The van der Waals surface area contributed by atoms with Gasteiger partial charge in [0.15, 0.2) is 5.82 Å². The fourth-order valence-electron chi connectivity index (χ4n) is 1.22. The smallest absolute Gasteiger partial charge is 0.153 e. The fraction of sp³-hybridized carbons (Fsp3) is 0.222. The molecule has 3 N–H and O–H groups in total. The predicted octanol–water partition coefficient (Wildman–Crippen LogP) is 0.404. The first-order valence-electron chi connectivity index (χ1n) is 4.53. The molecule has 0 bridgehead atoms. The molecule has 0 aliphatic heterocycles. The Labute approximate surface area is 87.2 Å². The van der Waals surface area contributed by atoms with Gasteiger partial charge in [0.2, 0.25) is 0 Å². The number of aromatic nitrogens is 4. The van der Waals surface area contributed by atoms with Crippen LogP contribution in [-0.2, 0) is 13.6 Å². The lowest BCUT2D eigenvalue weighted by atomic mass is 10.4. The molecule has 6 heteroatoms. The molecule has 2 heterocycles. The van der Waals surface area contributed by atoms with Crippen LogP contribution in [0.15, 0.2) is 24.9 Å². The highest BCUT2D eigenvalue weighted by Crippen LogP contribution is 2.12. The lowest BCUT2D eigenvalue weighted by molar-refractivity contribution is 0.810. The molecule has 2 rings (SSSR count). The number of aryl methyl sites for hydroxylation is 1. The molecule has 2 aromatic rings. The van der Waals surface area contributed by atoms with E-state index < -0.39 is 0 Å². The number of hydrogen-bond donors (Lipinski definition) is 2. The Morgan fingerprint density at radius 2 is 2.33 bits per heavy atom. The number of nitrogens with one attached hydrogen (secondary N) is 1. The molecule has 0 saturated heterocycles. The van der Waals surface area contributed by atoms with Crippen molar-refractivity contribution in [1.29, 1.82) is 0 Å². The van der Waals surface area contributed by atoms with E-state index in [2.05, 4.69) is 20.3 Å². The van der Waals surface area contributed by atoms with Crippen molar-refractivity contribution in [1.82, 2.24) is 19.5 Å². The molecular weight excluding hydrogens is 192 g/mol. The van der Waals surface area contributed by atoms with Gasteiger partial charge in [-0.25, -0.2) is 15.0 Å². The van der Waals surface area contributed by atoms with Gasteiger partial charge in [-0.05, 0) is 0 Å². The zero-order chi connectivity index (χ0) is 10.7. The Morgan fingerprint density at radius 1 is 1.47 bits per heavy atom. The van der Waals surface area contributed by atoms with E-state index in [1.807, 2.05) is 17.8 Å². The number of nitrogens with zero attached hydrogens (tertiary/aromatic N) is 4. The topological polar surface area (TPSA) is 81.7 Å². The SMILES string of the molecule is Cn1ccnc1CNc1ncncc1N. The summed E-state index contributed by atoms with van der Waals surface area (Å²) < 4.78 is 1.93. The van der Waals surface area contributed by atoms with Gasteiger partial charge in [0.05, 0.1) is 18.4 Å². The minimum Gasteiger partial charge on any atom is -0.394 e. The van der Waals surface area contributed by atoms with E-state index in [1.165, 1.54) is 6.33 Å². The van der Waals surface area contributed by atoms with Crippen LogP contribution in [-0.4, -0.2) is 19.5 Å². The molecule has 0 aliphatic rings. The van der Waals surface area contributed by atoms with Gasteiger partial charge in [-0.3, -0.25) is 0 Å². The molecule has 0 fully saturated rings. The Hall–Kier alpha value is -2.11. The molecule has 6 nitrogen and oxygen atoms in total. The van der Waals surface area contributed by atoms with E-state index in [0.29, 0.717) is 18.1 Å². The average molecular weight is 204 g/mol. The maximum Gasteiger partial charge on any atom is 0.153 e. The number of hydrogen-bond acceptors (Lipinski definition) is 5. The summed E-state index contributed by atoms with van der Waals surface area (Å²) in [6, 6.07) is 0. The van der Waals surface area contributed by atoms with Crippen molar-refractivity contribution in [2.24, 2.45) is 7.05 Å². The number of rotatable bonds is 3. The lowest BCUT2D eigenvalue weighted by Crippen LogP contribution is -2.08. The molecule has 0 radical (unpaired) electrons. The van der Waals surface area contributed by atoms with E-state index in [-0.39, 0.29) is 0 Å². The molecule has 0 aromatic carbocycles. The highest BCUT2D eigenvalue weighted by molar-refractivity contribution is 5.58. The molecule has 0 aliphatic carbocycles. The first kappa shape index (κ1) is 9.45. The first-order chi connectivity index (χ1) is 7.27. The molecule has 0 atom stereocenters. The van der Waals surface area contributed by atoms with E-state index >= 15 is 0 Å². The number of imidazole rings is 1. The summed E-state index contributed by atoms with van der Waals surface area (Å²) in [5, 5.41) is 3.10. The Bertz CT molecular complexity index is 449. The van der Waals surface area contributed by atoms with Crippen LogP contribution in [0.2, 0.25) is 0 Å². The van der Waals surface area contributed by atoms with Crippen LogP contribution in [0.4, 0.5) is 11.5 Å².